The number of alkyl halides is 2. The highest BCUT2D eigenvalue weighted by Gasteiger charge is 2.54. The van der Waals surface area contributed by atoms with E-state index >= 15 is 0 Å². The van der Waals surface area contributed by atoms with Gasteiger partial charge in [0, 0.05) is 30.8 Å². The predicted octanol–water partition coefficient (Wildman–Crippen LogP) is 2.84. The Balaban J connectivity index is 1.47. The van der Waals surface area contributed by atoms with Crippen molar-refractivity contribution in [2.45, 2.75) is 64.3 Å². The maximum Gasteiger partial charge on any atom is 0.267 e. The summed E-state index contributed by atoms with van der Waals surface area (Å²) in [5, 5.41) is 6.42. The lowest BCUT2D eigenvalue weighted by atomic mass is 9.76. The first-order chi connectivity index (χ1) is 12.7. The Morgan fingerprint density at radius 2 is 2.00 bits per heavy atom. The van der Waals surface area contributed by atoms with Gasteiger partial charge in [0.1, 0.15) is 11.3 Å². The van der Waals surface area contributed by atoms with Crippen LogP contribution in [0.3, 0.4) is 0 Å². The van der Waals surface area contributed by atoms with Crippen LogP contribution in [0, 0.1) is 25.2 Å². The Morgan fingerprint density at radius 3 is 2.59 bits per heavy atom. The molecule has 8 heteroatoms. The van der Waals surface area contributed by atoms with Crippen molar-refractivity contribution in [2.75, 3.05) is 13.1 Å². The number of amides is 2. The van der Waals surface area contributed by atoms with E-state index in [2.05, 4.69) is 10.5 Å². The molecule has 3 fully saturated rings. The van der Waals surface area contributed by atoms with Gasteiger partial charge in [-0.1, -0.05) is 11.6 Å². The van der Waals surface area contributed by atoms with Gasteiger partial charge in [0.25, 0.3) is 11.8 Å². The van der Waals surface area contributed by atoms with Gasteiger partial charge in [-0.25, -0.2) is 8.78 Å². The van der Waals surface area contributed by atoms with Crippen molar-refractivity contribution < 1.29 is 22.9 Å². The lowest BCUT2D eigenvalue weighted by molar-refractivity contribution is -0.142. The first-order valence-electron chi connectivity index (χ1n) is 9.64. The lowest BCUT2D eigenvalue weighted by Gasteiger charge is -2.39. The molecule has 27 heavy (non-hydrogen) atoms. The molecule has 1 N–H and O–H groups in total. The topological polar surface area (TPSA) is 75.4 Å². The van der Waals surface area contributed by atoms with Crippen LogP contribution in [0.25, 0.3) is 0 Å². The molecule has 148 valence electrons. The number of aromatic nitrogens is 1. The van der Waals surface area contributed by atoms with Crippen molar-refractivity contribution in [3.63, 3.8) is 0 Å². The van der Waals surface area contributed by atoms with Crippen molar-refractivity contribution in [1.82, 2.24) is 15.4 Å². The largest absolute Gasteiger partial charge is 0.361 e. The maximum absolute atomic E-state index is 13.5. The first-order valence-corrected chi connectivity index (χ1v) is 9.64. The monoisotopic (exact) mass is 381 g/mol. The summed E-state index contributed by atoms with van der Waals surface area (Å²) in [6, 6.07) is -1.04. The number of carbonyl (C=O) groups is 2. The third kappa shape index (κ3) is 2.93. The normalized spacial score (nSPS) is 31.9. The third-order valence-corrected chi connectivity index (χ3v) is 6.74. The van der Waals surface area contributed by atoms with E-state index < -0.39 is 12.0 Å². The van der Waals surface area contributed by atoms with Gasteiger partial charge in [0.2, 0.25) is 5.91 Å². The molecule has 1 spiro atoms. The second-order valence-electron chi connectivity index (χ2n) is 8.34. The summed E-state index contributed by atoms with van der Waals surface area (Å²) in [7, 11) is 0. The van der Waals surface area contributed by atoms with Gasteiger partial charge in [-0.05, 0) is 39.5 Å². The number of likely N-dealkylation sites (tertiary alicyclic amines) is 1. The molecule has 1 aromatic heterocycles. The van der Waals surface area contributed by atoms with Crippen molar-refractivity contribution in [2.24, 2.45) is 11.3 Å². The number of nitrogens with zero attached hydrogens (tertiary/aromatic N) is 2. The molecule has 0 bridgehead atoms. The molecule has 4 rings (SSSR count). The van der Waals surface area contributed by atoms with Gasteiger partial charge < -0.3 is 14.7 Å². The van der Waals surface area contributed by atoms with E-state index in [0.717, 1.165) is 19.3 Å². The molecule has 1 aromatic rings. The van der Waals surface area contributed by atoms with E-state index in [0.29, 0.717) is 42.9 Å². The fourth-order valence-electron chi connectivity index (χ4n) is 5.01. The Morgan fingerprint density at radius 1 is 1.22 bits per heavy atom. The van der Waals surface area contributed by atoms with Gasteiger partial charge in [-0.2, -0.15) is 0 Å². The van der Waals surface area contributed by atoms with Crippen LogP contribution in [-0.4, -0.2) is 46.9 Å². The Hall–Kier alpha value is -1.99. The van der Waals surface area contributed by atoms with Crippen molar-refractivity contribution in [3.8, 4) is 0 Å². The summed E-state index contributed by atoms with van der Waals surface area (Å²) in [5.74, 6) is -3.01. The second-order valence-corrected chi connectivity index (χ2v) is 8.34. The van der Waals surface area contributed by atoms with Crippen LogP contribution in [0.1, 0.15) is 60.3 Å². The zero-order valence-corrected chi connectivity index (χ0v) is 15.7. The van der Waals surface area contributed by atoms with E-state index in [4.69, 9.17) is 4.52 Å². The third-order valence-electron chi connectivity index (χ3n) is 6.74. The average molecular weight is 381 g/mol. The Kier molecular flexibility index (Phi) is 4.27. The van der Waals surface area contributed by atoms with Crippen LogP contribution in [0.4, 0.5) is 8.78 Å². The molecule has 2 heterocycles. The minimum absolute atomic E-state index is 0.125. The van der Waals surface area contributed by atoms with Crippen LogP contribution >= 0.6 is 0 Å². The summed E-state index contributed by atoms with van der Waals surface area (Å²) in [4.78, 5) is 27.4. The molecule has 0 aromatic carbocycles. The maximum atomic E-state index is 13.5. The van der Waals surface area contributed by atoms with Gasteiger partial charge in [0.05, 0.1) is 11.7 Å². The Labute approximate surface area is 156 Å². The zero-order valence-electron chi connectivity index (χ0n) is 15.7. The summed E-state index contributed by atoms with van der Waals surface area (Å²) in [5.41, 5.74) is 0.740. The Bertz CT molecular complexity index is 759. The number of hydrogen-bond acceptors (Lipinski definition) is 4. The molecular weight excluding hydrogens is 356 g/mol. The molecule has 3 aliphatic rings. The molecule has 6 nitrogen and oxygen atoms in total. The average Bonchev–Trinajstić information content (AvgIpc) is 3.32. The first kappa shape index (κ1) is 18.4. The minimum Gasteiger partial charge on any atom is -0.361 e. The molecule has 1 aliphatic heterocycles. The highest BCUT2D eigenvalue weighted by Crippen LogP contribution is 2.50. The van der Waals surface area contributed by atoms with E-state index in [9.17, 15) is 18.4 Å². The molecule has 3 atom stereocenters. The predicted molar refractivity (Wildman–Crippen MR) is 92.4 cm³/mol. The van der Waals surface area contributed by atoms with Crippen LogP contribution < -0.4 is 5.32 Å². The quantitative estimate of drug-likeness (QED) is 0.874. The van der Waals surface area contributed by atoms with Gasteiger partial charge in [-0.15, -0.1) is 0 Å². The molecule has 2 saturated carbocycles. The van der Waals surface area contributed by atoms with E-state index in [-0.39, 0.29) is 29.6 Å². The van der Waals surface area contributed by atoms with Gasteiger partial charge >= 0.3 is 0 Å². The second kappa shape index (κ2) is 6.27. The zero-order chi connectivity index (χ0) is 19.4. The highest BCUT2D eigenvalue weighted by atomic mass is 19.3. The van der Waals surface area contributed by atoms with E-state index in [1.54, 1.807) is 18.7 Å². The van der Waals surface area contributed by atoms with Crippen molar-refractivity contribution >= 4 is 11.8 Å². The minimum atomic E-state index is -2.79. The number of halogens is 2. The van der Waals surface area contributed by atoms with Crippen LogP contribution in [-0.2, 0) is 4.79 Å². The van der Waals surface area contributed by atoms with Crippen molar-refractivity contribution in [3.05, 3.63) is 17.0 Å². The van der Waals surface area contributed by atoms with E-state index in [1.165, 1.54) is 0 Å². The lowest BCUT2D eigenvalue weighted by Crippen LogP contribution is -2.57. The fraction of sp³-hybridized carbons (Fsp3) is 0.737. The number of aryl methyl sites for hydroxylation is 2. The highest BCUT2D eigenvalue weighted by molar-refractivity contribution is 5.96. The van der Waals surface area contributed by atoms with Crippen molar-refractivity contribution in [1.29, 1.82) is 0 Å². The molecule has 2 aliphatic carbocycles. The summed E-state index contributed by atoms with van der Waals surface area (Å²) < 4.78 is 32.2. The standard InChI is InChI=1S/C19H25F2N3O3/c1-11-15(12(2)27-23-11)17(26)24-9-8-18(10-24)6-3-4-13(18)16(25)22-14-5-7-19(14,20)21/h13-14H,3-10H2,1-2H3,(H,22,25)/t13-,14+,18-/m1/s1. The van der Waals surface area contributed by atoms with Gasteiger partial charge in [-0.3, -0.25) is 9.59 Å². The molecular formula is C19H25F2N3O3. The van der Waals surface area contributed by atoms with Crippen LogP contribution in [0.5, 0.6) is 0 Å². The molecule has 2 amide bonds. The SMILES string of the molecule is Cc1noc(C)c1C(=O)N1CC[C@]2(CCC[C@@H]2C(=O)N[C@H]2CCC2(F)F)C1. The summed E-state index contributed by atoms with van der Waals surface area (Å²) >= 11 is 0. The number of carbonyl (C=O) groups excluding carboxylic acids is 2. The van der Waals surface area contributed by atoms with Crippen LogP contribution in [0.2, 0.25) is 0 Å². The molecule has 0 unspecified atom stereocenters. The number of rotatable bonds is 3. The smallest absolute Gasteiger partial charge is 0.267 e. The fourth-order valence-corrected chi connectivity index (χ4v) is 5.01. The summed E-state index contributed by atoms with van der Waals surface area (Å²) in [6.07, 6.45) is 3.31. The summed E-state index contributed by atoms with van der Waals surface area (Å²) in [6.45, 7) is 4.49. The van der Waals surface area contributed by atoms with Crippen LogP contribution in [0.15, 0.2) is 4.52 Å². The number of hydrogen-bond donors (Lipinski definition) is 1. The number of nitrogens with one attached hydrogen (secondary N) is 1. The van der Waals surface area contributed by atoms with E-state index in [1.807, 2.05) is 0 Å². The molecule has 1 saturated heterocycles. The molecule has 0 radical (unpaired) electrons. The van der Waals surface area contributed by atoms with Gasteiger partial charge in [0.15, 0.2) is 0 Å².